The predicted octanol–water partition coefficient (Wildman–Crippen LogP) is 6.07. The number of allylic oxidation sites excluding steroid dienone is 5. The van der Waals surface area contributed by atoms with E-state index in [0.29, 0.717) is 17.8 Å². The summed E-state index contributed by atoms with van der Waals surface area (Å²) in [4.78, 5) is 27.8. The lowest BCUT2D eigenvalue weighted by atomic mass is 9.95. The van der Waals surface area contributed by atoms with Gasteiger partial charge in [0, 0.05) is 79.8 Å². The zero-order chi connectivity index (χ0) is 29.4. The molecule has 3 heterocycles. The Morgan fingerprint density at radius 3 is 2.44 bits per heavy atom. The van der Waals surface area contributed by atoms with Crippen LogP contribution in [-0.4, -0.2) is 38.7 Å². The van der Waals surface area contributed by atoms with Crippen molar-refractivity contribution in [3.63, 3.8) is 0 Å². The second kappa shape index (κ2) is 14.0. The molecule has 0 radical (unpaired) electrons. The molecule has 39 heavy (non-hydrogen) atoms. The standard InChI is InChI=1S/C28H36F2N6O.C2H6/c1-8-9-24(16(2)17(3)28-34-23(27(29)30)13-25(37)35(28)7)36-11-10-22-21(15-36)12-20(14-33-22)26(18(4)31)19(5)32-6;1-2/h9,12-14,27H,8,10-11,15,31H2,1-7H3;1-2H3/b17-16-,24-9-,26-18+,32-19?;. The molecule has 9 heteroatoms. The second-order valence-corrected chi connectivity index (χ2v) is 9.32. The van der Waals surface area contributed by atoms with Crippen LogP contribution >= 0.6 is 0 Å². The maximum atomic E-state index is 13.4. The predicted molar refractivity (Wildman–Crippen MR) is 157 cm³/mol. The van der Waals surface area contributed by atoms with Crippen molar-refractivity contribution in [1.82, 2.24) is 19.4 Å². The number of nitrogens with zero attached hydrogens (tertiary/aromatic N) is 5. The Morgan fingerprint density at radius 1 is 1.21 bits per heavy atom. The smallest absolute Gasteiger partial charge is 0.280 e. The molecule has 0 aliphatic carbocycles. The number of pyridine rings is 1. The molecule has 1 aliphatic heterocycles. The van der Waals surface area contributed by atoms with Crippen molar-refractivity contribution in [3.05, 3.63) is 80.1 Å². The van der Waals surface area contributed by atoms with Gasteiger partial charge in [-0.05, 0) is 56.9 Å². The molecule has 2 aromatic heterocycles. The van der Waals surface area contributed by atoms with E-state index in [2.05, 4.69) is 33.9 Å². The Kier molecular flexibility index (Phi) is 11.3. The Balaban J connectivity index is 0.00000260. The number of alkyl halides is 2. The molecule has 3 rings (SSSR count). The number of rotatable bonds is 7. The molecule has 0 unspecified atom stereocenters. The minimum absolute atomic E-state index is 0.242. The molecular formula is C30H42F2N6O. The highest BCUT2D eigenvalue weighted by atomic mass is 19.3. The first-order chi connectivity index (χ1) is 18.5. The zero-order valence-electron chi connectivity index (χ0n) is 24.7. The van der Waals surface area contributed by atoms with Crippen molar-refractivity contribution in [2.75, 3.05) is 13.6 Å². The molecule has 1 aliphatic rings. The minimum Gasteiger partial charge on any atom is -0.402 e. The topological polar surface area (TPSA) is 89.4 Å². The summed E-state index contributed by atoms with van der Waals surface area (Å²) in [6.45, 7) is 15.0. The van der Waals surface area contributed by atoms with E-state index in [4.69, 9.17) is 10.7 Å². The van der Waals surface area contributed by atoms with Gasteiger partial charge in [-0.2, -0.15) is 0 Å². The van der Waals surface area contributed by atoms with Gasteiger partial charge in [-0.15, -0.1) is 0 Å². The van der Waals surface area contributed by atoms with E-state index in [1.165, 1.54) is 4.57 Å². The molecule has 0 fully saturated rings. The largest absolute Gasteiger partial charge is 0.402 e. The second-order valence-electron chi connectivity index (χ2n) is 9.32. The first-order valence-corrected chi connectivity index (χ1v) is 13.4. The van der Waals surface area contributed by atoms with E-state index < -0.39 is 17.7 Å². The average Bonchev–Trinajstić information content (AvgIpc) is 2.92. The molecule has 0 saturated carbocycles. The molecule has 0 aromatic carbocycles. The molecular weight excluding hydrogens is 498 g/mol. The first kappa shape index (κ1) is 31.6. The quantitative estimate of drug-likeness (QED) is 0.340. The summed E-state index contributed by atoms with van der Waals surface area (Å²) in [5, 5.41) is 0. The molecule has 212 valence electrons. The van der Waals surface area contributed by atoms with Gasteiger partial charge in [0.2, 0.25) is 0 Å². The number of fused-ring (bicyclic) bond motifs is 1. The van der Waals surface area contributed by atoms with Crippen LogP contribution in [-0.2, 0) is 20.0 Å². The van der Waals surface area contributed by atoms with Gasteiger partial charge in [0.15, 0.2) is 0 Å². The number of halogens is 2. The van der Waals surface area contributed by atoms with Crippen LogP contribution in [0, 0.1) is 0 Å². The van der Waals surface area contributed by atoms with Crippen LogP contribution in [0.5, 0.6) is 0 Å². The van der Waals surface area contributed by atoms with Gasteiger partial charge < -0.3 is 10.6 Å². The zero-order valence-corrected chi connectivity index (χ0v) is 24.7. The lowest BCUT2D eigenvalue weighted by Gasteiger charge is -2.33. The summed E-state index contributed by atoms with van der Waals surface area (Å²) in [6.07, 6.45) is 2.72. The normalized spacial score (nSPS) is 15.3. The number of hydrogen-bond acceptors (Lipinski definition) is 6. The van der Waals surface area contributed by atoms with Gasteiger partial charge in [-0.25, -0.2) is 13.8 Å². The summed E-state index contributed by atoms with van der Waals surface area (Å²) in [7, 11) is 3.29. The average molecular weight is 541 g/mol. The third-order valence-corrected chi connectivity index (χ3v) is 6.82. The van der Waals surface area contributed by atoms with Gasteiger partial charge in [0.05, 0.1) is 0 Å². The van der Waals surface area contributed by atoms with Crippen LogP contribution in [0.1, 0.15) is 89.7 Å². The maximum absolute atomic E-state index is 13.4. The third kappa shape index (κ3) is 7.07. The third-order valence-electron chi connectivity index (χ3n) is 6.82. The van der Waals surface area contributed by atoms with E-state index in [0.717, 1.165) is 64.8 Å². The highest BCUT2D eigenvalue weighted by Gasteiger charge is 2.23. The van der Waals surface area contributed by atoms with Crippen molar-refractivity contribution in [3.8, 4) is 0 Å². The van der Waals surface area contributed by atoms with Crippen LogP contribution in [0.3, 0.4) is 0 Å². The Morgan fingerprint density at radius 2 is 1.87 bits per heavy atom. The highest BCUT2D eigenvalue weighted by Crippen LogP contribution is 2.31. The number of hydrogen-bond donors (Lipinski definition) is 1. The van der Waals surface area contributed by atoms with Crippen LogP contribution in [0.25, 0.3) is 11.1 Å². The van der Waals surface area contributed by atoms with E-state index in [9.17, 15) is 13.6 Å². The molecule has 0 spiro atoms. The van der Waals surface area contributed by atoms with Crippen LogP contribution in [0.4, 0.5) is 8.78 Å². The molecule has 2 N–H and O–H groups in total. The Labute approximate surface area is 230 Å². The lowest BCUT2D eigenvalue weighted by molar-refractivity contribution is 0.145. The Hall–Kier alpha value is -3.62. The monoisotopic (exact) mass is 540 g/mol. The van der Waals surface area contributed by atoms with E-state index in [-0.39, 0.29) is 5.82 Å². The highest BCUT2D eigenvalue weighted by molar-refractivity contribution is 6.23. The summed E-state index contributed by atoms with van der Waals surface area (Å²) < 4.78 is 28.1. The van der Waals surface area contributed by atoms with Crippen molar-refractivity contribution in [2.45, 2.75) is 74.3 Å². The van der Waals surface area contributed by atoms with Crippen molar-refractivity contribution in [1.29, 1.82) is 0 Å². The Bertz CT molecular complexity index is 1360. The van der Waals surface area contributed by atoms with Gasteiger partial charge in [-0.1, -0.05) is 26.8 Å². The maximum Gasteiger partial charge on any atom is 0.280 e. The fourth-order valence-electron chi connectivity index (χ4n) is 4.68. The lowest BCUT2D eigenvalue weighted by Crippen LogP contribution is -2.31. The van der Waals surface area contributed by atoms with Crippen LogP contribution < -0.4 is 11.3 Å². The molecule has 2 aromatic rings. The fraction of sp³-hybridized carbons (Fsp3) is 0.467. The van der Waals surface area contributed by atoms with E-state index in [1.54, 1.807) is 14.1 Å². The van der Waals surface area contributed by atoms with Crippen LogP contribution in [0.2, 0.25) is 0 Å². The van der Waals surface area contributed by atoms with Crippen molar-refractivity contribution in [2.24, 2.45) is 17.8 Å². The number of nitrogens with two attached hydrogens (primary N) is 1. The number of aromatic nitrogens is 3. The summed E-state index contributed by atoms with van der Waals surface area (Å²) in [5.74, 6) is 0.242. The molecule has 0 amide bonds. The van der Waals surface area contributed by atoms with Gasteiger partial charge in [0.25, 0.3) is 12.0 Å². The minimum atomic E-state index is -2.82. The first-order valence-electron chi connectivity index (χ1n) is 13.4. The molecule has 0 saturated heterocycles. The SMILES string of the molecule is CC.CC/C=C(/C(C)=C(/C)c1nc(C(F)F)cc(=O)n1C)N1CCc2ncc(/C(C(C)=NC)=C(\C)N)cc2C1. The summed E-state index contributed by atoms with van der Waals surface area (Å²) >= 11 is 0. The molecule has 0 bridgehead atoms. The van der Waals surface area contributed by atoms with E-state index in [1.807, 2.05) is 47.7 Å². The summed E-state index contributed by atoms with van der Waals surface area (Å²) in [6, 6.07) is 3.02. The molecule has 0 atom stereocenters. The van der Waals surface area contributed by atoms with Gasteiger partial charge in [-0.3, -0.25) is 19.3 Å². The van der Waals surface area contributed by atoms with Crippen LogP contribution in [0.15, 0.2) is 51.2 Å². The van der Waals surface area contributed by atoms with Gasteiger partial charge in [0.1, 0.15) is 11.5 Å². The van der Waals surface area contributed by atoms with E-state index >= 15 is 0 Å². The number of aliphatic imine (C=N–C) groups is 1. The van der Waals surface area contributed by atoms with Crippen molar-refractivity contribution < 1.29 is 8.78 Å². The van der Waals surface area contributed by atoms with Crippen molar-refractivity contribution >= 4 is 16.9 Å². The van der Waals surface area contributed by atoms with Gasteiger partial charge >= 0.3 is 0 Å². The molecule has 7 nitrogen and oxygen atoms in total. The fourth-order valence-corrected chi connectivity index (χ4v) is 4.68. The summed E-state index contributed by atoms with van der Waals surface area (Å²) in [5.41, 5.74) is 13.2.